The van der Waals surface area contributed by atoms with Gasteiger partial charge in [-0.3, -0.25) is 24.4 Å². The van der Waals surface area contributed by atoms with E-state index >= 15 is 0 Å². The summed E-state index contributed by atoms with van der Waals surface area (Å²) in [5.41, 5.74) is 4.39. The second-order valence-electron chi connectivity index (χ2n) is 11.0. The lowest BCUT2D eigenvalue weighted by Gasteiger charge is -2.06. The number of benzene rings is 2. The zero-order valence-electron chi connectivity index (χ0n) is 26.0. The van der Waals surface area contributed by atoms with Crippen molar-refractivity contribution >= 4 is 64.7 Å². The molecule has 4 aromatic rings. The molecule has 0 atom stereocenters. The molecule has 0 radical (unpaired) electrons. The van der Waals surface area contributed by atoms with Crippen molar-refractivity contribution < 1.29 is 14.4 Å². The number of para-hydroxylation sites is 2. The number of aryl methyl sites for hydroxylation is 1. The van der Waals surface area contributed by atoms with E-state index < -0.39 is 0 Å². The van der Waals surface area contributed by atoms with Gasteiger partial charge in [-0.05, 0) is 55.4 Å². The molecule has 0 saturated heterocycles. The standard InChI is InChI=1S/C18H22N2O2S.C18H24N2OS/c21-16(9-2-1-3-10-19-17(22)13-23)12-15-7-4-6-14-8-5-11-20-18(14)15;21-17(14-22)19-12-5-3-1-2-4-8-15-9-6-10-16-11-7-13-20-18(15)16/h4-8,11,23H,1-3,9-10,12-13H2,(H,19,22);6-7,9-11,13,22H,1-5,8,12,14H2,(H,19,21). The third-order valence-corrected chi connectivity index (χ3v) is 8.08. The van der Waals surface area contributed by atoms with Crippen molar-refractivity contribution in [3.05, 3.63) is 84.2 Å². The highest BCUT2D eigenvalue weighted by Gasteiger charge is 2.08. The van der Waals surface area contributed by atoms with Gasteiger partial charge in [0, 0.05) is 49.1 Å². The first-order valence-electron chi connectivity index (χ1n) is 15.9. The maximum Gasteiger partial charge on any atom is 0.229 e. The quantitative estimate of drug-likeness (QED) is 0.0710. The number of ketones is 1. The van der Waals surface area contributed by atoms with Crippen molar-refractivity contribution in [1.82, 2.24) is 20.6 Å². The lowest BCUT2D eigenvalue weighted by atomic mass is 10.0. The van der Waals surface area contributed by atoms with Gasteiger partial charge in [-0.1, -0.05) is 74.2 Å². The Balaban J connectivity index is 0.000000246. The Morgan fingerprint density at radius 3 is 1.67 bits per heavy atom. The lowest BCUT2D eigenvalue weighted by molar-refractivity contribution is -0.119. The normalized spacial score (nSPS) is 10.7. The molecule has 0 fully saturated rings. The molecule has 9 heteroatoms. The first-order valence-corrected chi connectivity index (χ1v) is 17.2. The highest BCUT2D eigenvalue weighted by Crippen LogP contribution is 2.19. The van der Waals surface area contributed by atoms with Crippen molar-refractivity contribution in [2.24, 2.45) is 0 Å². The van der Waals surface area contributed by atoms with Crippen LogP contribution in [0.5, 0.6) is 0 Å². The molecule has 0 saturated carbocycles. The summed E-state index contributed by atoms with van der Waals surface area (Å²) in [7, 11) is 0. The van der Waals surface area contributed by atoms with Gasteiger partial charge >= 0.3 is 0 Å². The van der Waals surface area contributed by atoms with E-state index in [2.05, 4.69) is 70.1 Å². The zero-order chi connectivity index (χ0) is 32.1. The van der Waals surface area contributed by atoms with Crippen LogP contribution in [-0.2, 0) is 27.2 Å². The Morgan fingerprint density at radius 1 is 0.578 bits per heavy atom. The molecule has 0 aliphatic carbocycles. The summed E-state index contributed by atoms with van der Waals surface area (Å²) in [4.78, 5) is 43.0. The third-order valence-electron chi connectivity index (χ3n) is 7.51. The van der Waals surface area contributed by atoms with Gasteiger partial charge in [-0.15, -0.1) is 0 Å². The summed E-state index contributed by atoms with van der Waals surface area (Å²) in [6.07, 6.45) is 14.3. The molecule has 2 aromatic carbocycles. The minimum absolute atomic E-state index is 0.0202. The summed E-state index contributed by atoms with van der Waals surface area (Å²) in [6, 6.07) is 20.4. The first kappa shape index (κ1) is 36.0. The van der Waals surface area contributed by atoms with Crippen LogP contribution in [0, 0.1) is 0 Å². The Bertz CT molecular complexity index is 1490. The number of hydrogen-bond acceptors (Lipinski definition) is 7. The van der Waals surface area contributed by atoms with Crippen LogP contribution in [0.2, 0.25) is 0 Å². The fourth-order valence-corrected chi connectivity index (χ4v) is 5.37. The second kappa shape index (κ2) is 21.3. The number of fused-ring (bicyclic) bond motifs is 2. The Hall–Kier alpha value is -3.43. The fourth-order valence-electron chi connectivity index (χ4n) is 5.14. The van der Waals surface area contributed by atoms with Gasteiger partial charge in [-0.25, -0.2) is 0 Å². The van der Waals surface area contributed by atoms with Gasteiger partial charge in [0.2, 0.25) is 11.8 Å². The molecule has 0 spiro atoms. The fraction of sp³-hybridized carbons (Fsp3) is 0.417. The molecular weight excluding hydrogens is 601 g/mol. The number of thiol groups is 2. The van der Waals surface area contributed by atoms with Gasteiger partial charge in [-0.2, -0.15) is 25.3 Å². The van der Waals surface area contributed by atoms with Crippen molar-refractivity contribution in [1.29, 1.82) is 0 Å². The number of nitrogens with zero attached hydrogens (tertiary/aromatic N) is 2. The number of aromatic nitrogens is 2. The number of carbonyl (C=O) groups is 3. The van der Waals surface area contributed by atoms with Crippen LogP contribution in [0.15, 0.2) is 73.1 Å². The zero-order valence-corrected chi connectivity index (χ0v) is 27.8. The minimum atomic E-state index is -0.0483. The molecule has 0 unspecified atom stereocenters. The molecule has 2 N–H and O–H groups in total. The summed E-state index contributed by atoms with van der Waals surface area (Å²) in [5.74, 6) is 0.707. The molecule has 4 rings (SSSR count). The number of pyridine rings is 2. The average molecular weight is 647 g/mol. The molecule has 0 bridgehead atoms. The monoisotopic (exact) mass is 646 g/mol. The Morgan fingerprint density at radius 2 is 1.07 bits per heavy atom. The Kier molecular flexibility index (Phi) is 17.1. The maximum absolute atomic E-state index is 12.1. The number of Topliss-reactive ketones (excluding diaryl/α,β-unsaturated/α-hetero) is 1. The second-order valence-corrected chi connectivity index (χ2v) is 11.7. The van der Waals surface area contributed by atoms with E-state index in [1.807, 2.05) is 42.6 Å². The van der Waals surface area contributed by atoms with E-state index in [4.69, 9.17) is 0 Å². The molecule has 2 aromatic heterocycles. The van der Waals surface area contributed by atoms with Crippen molar-refractivity contribution in [2.45, 2.75) is 70.6 Å². The average Bonchev–Trinajstić information content (AvgIpc) is 3.07. The van der Waals surface area contributed by atoms with Gasteiger partial charge in [0.1, 0.15) is 5.78 Å². The van der Waals surface area contributed by atoms with Gasteiger partial charge in [0.05, 0.1) is 22.5 Å². The number of unbranched alkanes of at least 4 members (excludes halogenated alkanes) is 6. The van der Waals surface area contributed by atoms with Gasteiger partial charge in [0.15, 0.2) is 0 Å². The smallest absolute Gasteiger partial charge is 0.229 e. The molecule has 0 aliphatic heterocycles. The van der Waals surface area contributed by atoms with E-state index in [9.17, 15) is 14.4 Å². The van der Waals surface area contributed by atoms with Crippen LogP contribution < -0.4 is 10.6 Å². The van der Waals surface area contributed by atoms with Crippen LogP contribution in [0.4, 0.5) is 0 Å². The summed E-state index contributed by atoms with van der Waals surface area (Å²) < 4.78 is 0. The van der Waals surface area contributed by atoms with Gasteiger partial charge < -0.3 is 10.6 Å². The highest BCUT2D eigenvalue weighted by molar-refractivity contribution is 7.81. The van der Waals surface area contributed by atoms with Gasteiger partial charge in [0.25, 0.3) is 0 Å². The lowest BCUT2D eigenvalue weighted by Crippen LogP contribution is -2.25. The van der Waals surface area contributed by atoms with E-state index in [-0.39, 0.29) is 29.1 Å². The molecular formula is C36H46N4O3S2. The van der Waals surface area contributed by atoms with Crippen molar-refractivity contribution in [3.8, 4) is 0 Å². The Labute approximate surface area is 278 Å². The van der Waals surface area contributed by atoms with Crippen molar-refractivity contribution in [2.75, 3.05) is 24.6 Å². The van der Waals surface area contributed by atoms with E-state index in [0.29, 0.717) is 19.4 Å². The number of amides is 2. The summed E-state index contributed by atoms with van der Waals surface area (Å²) in [6.45, 7) is 1.42. The molecule has 240 valence electrons. The number of carbonyl (C=O) groups excluding carboxylic acids is 3. The minimum Gasteiger partial charge on any atom is -0.355 e. The molecule has 2 amide bonds. The molecule has 2 heterocycles. The predicted octanol–water partition coefficient (Wildman–Crippen LogP) is 6.73. The van der Waals surface area contributed by atoms with E-state index in [1.165, 1.54) is 36.6 Å². The first-order chi connectivity index (χ1) is 22.0. The van der Waals surface area contributed by atoms with E-state index in [0.717, 1.165) is 60.6 Å². The number of nitrogens with one attached hydrogen (secondary N) is 2. The van der Waals surface area contributed by atoms with E-state index in [1.54, 1.807) is 6.20 Å². The molecule has 7 nitrogen and oxygen atoms in total. The topological polar surface area (TPSA) is 101 Å². The van der Waals surface area contributed by atoms with Crippen LogP contribution in [0.25, 0.3) is 21.8 Å². The van der Waals surface area contributed by atoms with Crippen LogP contribution in [0.1, 0.15) is 68.9 Å². The molecule has 45 heavy (non-hydrogen) atoms. The number of hydrogen-bond donors (Lipinski definition) is 4. The maximum atomic E-state index is 12.1. The largest absolute Gasteiger partial charge is 0.355 e. The SMILES string of the molecule is O=C(CCCCCNC(=O)CS)Cc1cccc2cccnc12.O=C(CS)NCCCCCCCc1cccc2cccnc12. The highest BCUT2D eigenvalue weighted by atomic mass is 32.1. The third kappa shape index (κ3) is 13.6. The number of rotatable bonds is 18. The van der Waals surface area contributed by atoms with Crippen LogP contribution in [-0.4, -0.2) is 52.2 Å². The van der Waals surface area contributed by atoms with Crippen LogP contribution >= 0.6 is 25.3 Å². The van der Waals surface area contributed by atoms with Crippen molar-refractivity contribution in [3.63, 3.8) is 0 Å². The molecule has 0 aliphatic rings. The summed E-state index contributed by atoms with van der Waals surface area (Å²) in [5, 5.41) is 7.91. The predicted molar refractivity (Wildman–Crippen MR) is 191 cm³/mol. The van der Waals surface area contributed by atoms with Crippen LogP contribution in [0.3, 0.4) is 0 Å². The summed E-state index contributed by atoms with van der Waals surface area (Å²) >= 11 is 7.83.